The second-order valence-electron chi connectivity index (χ2n) is 5.47. The van der Waals surface area contributed by atoms with Gasteiger partial charge in [-0.2, -0.15) is 11.8 Å². The summed E-state index contributed by atoms with van der Waals surface area (Å²) in [6, 6.07) is 1.08. The van der Waals surface area contributed by atoms with E-state index in [4.69, 9.17) is 0 Å². The van der Waals surface area contributed by atoms with Crippen LogP contribution in [0.5, 0.6) is 0 Å². The summed E-state index contributed by atoms with van der Waals surface area (Å²) in [5.41, 5.74) is -0.422. The molecule has 1 aromatic rings. The molecule has 7 nitrogen and oxygen atoms in total. The zero-order valence-corrected chi connectivity index (χ0v) is 12.7. The lowest BCUT2D eigenvalue weighted by molar-refractivity contribution is -0.385. The van der Waals surface area contributed by atoms with E-state index in [0.717, 1.165) is 24.4 Å². The largest absolute Gasteiger partial charge is 0.478 e. The molecule has 0 spiro atoms. The number of aromatic carboxylic acids is 1. The molecule has 0 saturated carbocycles. The normalized spacial score (nSPS) is 18.1. The third-order valence-electron chi connectivity index (χ3n) is 3.43. The van der Waals surface area contributed by atoms with Crippen molar-refractivity contribution in [1.82, 2.24) is 4.98 Å². The fourth-order valence-corrected chi connectivity index (χ4v) is 3.29. The van der Waals surface area contributed by atoms with Crippen molar-refractivity contribution in [2.24, 2.45) is 0 Å². The van der Waals surface area contributed by atoms with Crippen molar-refractivity contribution in [3.8, 4) is 0 Å². The number of carboxylic acid groups (broad SMARTS) is 1. The molecule has 21 heavy (non-hydrogen) atoms. The van der Waals surface area contributed by atoms with Gasteiger partial charge in [0.1, 0.15) is 17.6 Å². The van der Waals surface area contributed by atoms with E-state index < -0.39 is 10.9 Å². The molecule has 0 bridgehead atoms. The predicted octanol–water partition coefficient (Wildman–Crippen LogP) is 2.41. The zero-order chi connectivity index (χ0) is 15.6. The lowest BCUT2D eigenvalue weighted by Gasteiger charge is -2.24. The highest BCUT2D eigenvalue weighted by atomic mass is 32.2. The maximum atomic E-state index is 11.4. The molecular formula is C13H17N3O4S. The topological polar surface area (TPSA) is 96.6 Å². The van der Waals surface area contributed by atoms with E-state index in [9.17, 15) is 20.0 Å². The van der Waals surface area contributed by atoms with E-state index in [1.165, 1.54) is 0 Å². The number of pyridine rings is 1. The average Bonchev–Trinajstić information content (AvgIpc) is 2.59. The van der Waals surface area contributed by atoms with Gasteiger partial charge in [0.25, 0.3) is 5.69 Å². The van der Waals surface area contributed by atoms with Crippen molar-refractivity contribution in [1.29, 1.82) is 0 Å². The minimum atomic E-state index is -1.20. The van der Waals surface area contributed by atoms with Crippen molar-refractivity contribution in [2.45, 2.75) is 25.0 Å². The second kappa shape index (κ2) is 5.88. The number of hydrogen-bond acceptors (Lipinski definition) is 6. The Kier molecular flexibility index (Phi) is 4.36. The minimum Gasteiger partial charge on any atom is -0.478 e. The van der Waals surface area contributed by atoms with Crippen molar-refractivity contribution < 1.29 is 14.8 Å². The summed E-state index contributed by atoms with van der Waals surface area (Å²) in [6.07, 6.45) is 2.01. The maximum absolute atomic E-state index is 11.4. The molecule has 114 valence electrons. The smallest absolute Gasteiger partial charge is 0.339 e. The van der Waals surface area contributed by atoms with Crippen molar-refractivity contribution >= 4 is 29.2 Å². The molecule has 0 aromatic carbocycles. The van der Waals surface area contributed by atoms with Gasteiger partial charge in [0.2, 0.25) is 0 Å². The van der Waals surface area contributed by atoms with E-state index in [-0.39, 0.29) is 16.0 Å². The van der Waals surface area contributed by atoms with E-state index in [2.05, 4.69) is 18.8 Å². The third-order valence-corrected chi connectivity index (χ3v) is 4.80. The standard InChI is InChI=1S/C13H17N3O4S/c1-13(2)3-4-15(5-6-21-13)11-10(12(17)18)7-9(8-14-11)16(19)20/h7-8H,3-6H2,1-2H3,(H,17,18). The predicted molar refractivity (Wildman–Crippen MR) is 81.2 cm³/mol. The first-order valence-corrected chi connectivity index (χ1v) is 7.55. The first-order chi connectivity index (χ1) is 9.80. The first-order valence-electron chi connectivity index (χ1n) is 6.57. The Balaban J connectivity index is 2.34. The second-order valence-corrected chi connectivity index (χ2v) is 7.27. The van der Waals surface area contributed by atoms with Crippen LogP contribution in [0.4, 0.5) is 11.5 Å². The first kappa shape index (κ1) is 15.6. The monoisotopic (exact) mass is 311 g/mol. The highest BCUT2D eigenvalue weighted by molar-refractivity contribution is 8.00. The Morgan fingerprint density at radius 3 is 2.86 bits per heavy atom. The quantitative estimate of drug-likeness (QED) is 0.676. The summed E-state index contributed by atoms with van der Waals surface area (Å²) < 4.78 is 0.138. The summed E-state index contributed by atoms with van der Waals surface area (Å²) in [6.45, 7) is 5.68. The Morgan fingerprint density at radius 1 is 1.52 bits per heavy atom. The van der Waals surface area contributed by atoms with E-state index in [1.54, 1.807) is 0 Å². The minimum absolute atomic E-state index is 0.117. The van der Waals surface area contributed by atoms with Gasteiger partial charge in [-0.15, -0.1) is 0 Å². The van der Waals surface area contributed by atoms with Gasteiger partial charge in [0, 0.05) is 29.7 Å². The number of anilines is 1. The summed E-state index contributed by atoms with van der Waals surface area (Å²) in [4.78, 5) is 27.4. The van der Waals surface area contributed by atoms with Gasteiger partial charge >= 0.3 is 5.97 Å². The molecule has 1 aliphatic heterocycles. The molecule has 1 aromatic heterocycles. The van der Waals surface area contributed by atoms with Gasteiger partial charge in [-0.1, -0.05) is 13.8 Å². The van der Waals surface area contributed by atoms with Gasteiger partial charge in [-0.05, 0) is 6.42 Å². The number of nitro groups is 1. The van der Waals surface area contributed by atoms with Gasteiger partial charge in [-0.3, -0.25) is 10.1 Å². The Labute approximate surface area is 126 Å². The molecule has 1 fully saturated rings. The van der Waals surface area contributed by atoms with Crippen molar-refractivity contribution in [3.63, 3.8) is 0 Å². The lowest BCUT2D eigenvalue weighted by Crippen LogP contribution is -2.29. The highest BCUT2D eigenvalue weighted by Gasteiger charge is 2.27. The van der Waals surface area contributed by atoms with Crippen LogP contribution in [0.2, 0.25) is 0 Å². The van der Waals surface area contributed by atoms with Gasteiger partial charge in [-0.25, -0.2) is 9.78 Å². The van der Waals surface area contributed by atoms with Crippen LogP contribution in [0, 0.1) is 10.1 Å². The molecule has 2 heterocycles. The van der Waals surface area contributed by atoms with Crippen LogP contribution in [0.25, 0.3) is 0 Å². The molecule has 0 aliphatic carbocycles. The molecule has 0 radical (unpaired) electrons. The Bertz CT molecular complexity index is 577. The number of aromatic nitrogens is 1. The Morgan fingerprint density at radius 2 is 2.24 bits per heavy atom. The van der Waals surface area contributed by atoms with Crippen LogP contribution in [0.3, 0.4) is 0 Å². The van der Waals surface area contributed by atoms with Crippen LogP contribution in [-0.2, 0) is 0 Å². The fourth-order valence-electron chi connectivity index (χ4n) is 2.19. The number of carbonyl (C=O) groups is 1. The molecule has 2 rings (SSSR count). The molecule has 0 unspecified atom stereocenters. The Hall–Kier alpha value is -1.83. The van der Waals surface area contributed by atoms with Crippen LogP contribution < -0.4 is 4.90 Å². The number of thioether (sulfide) groups is 1. The van der Waals surface area contributed by atoms with E-state index in [0.29, 0.717) is 18.9 Å². The third kappa shape index (κ3) is 3.63. The molecule has 1 aliphatic rings. The average molecular weight is 311 g/mol. The van der Waals surface area contributed by atoms with Gasteiger partial charge in [0.15, 0.2) is 0 Å². The van der Waals surface area contributed by atoms with Gasteiger partial charge < -0.3 is 10.0 Å². The molecule has 0 amide bonds. The molecule has 8 heteroatoms. The molecule has 1 N–H and O–H groups in total. The lowest BCUT2D eigenvalue weighted by atomic mass is 10.1. The fraction of sp³-hybridized carbons (Fsp3) is 0.538. The van der Waals surface area contributed by atoms with Crippen LogP contribution in [0.15, 0.2) is 12.3 Å². The summed E-state index contributed by atoms with van der Waals surface area (Å²) in [5, 5.41) is 20.0. The molecular weight excluding hydrogens is 294 g/mol. The maximum Gasteiger partial charge on any atom is 0.339 e. The summed E-state index contributed by atoms with van der Waals surface area (Å²) >= 11 is 1.84. The summed E-state index contributed by atoms with van der Waals surface area (Å²) in [5.74, 6) is -0.0196. The van der Waals surface area contributed by atoms with E-state index in [1.807, 2.05) is 16.7 Å². The number of hydrogen-bond donors (Lipinski definition) is 1. The van der Waals surface area contributed by atoms with Crippen LogP contribution in [-0.4, -0.2) is 44.6 Å². The zero-order valence-electron chi connectivity index (χ0n) is 11.9. The number of nitrogens with zero attached hydrogens (tertiary/aromatic N) is 3. The molecule has 0 atom stereocenters. The van der Waals surface area contributed by atoms with E-state index >= 15 is 0 Å². The number of rotatable bonds is 3. The van der Waals surface area contributed by atoms with Crippen molar-refractivity contribution in [3.05, 3.63) is 27.9 Å². The molecule has 1 saturated heterocycles. The SMILES string of the molecule is CC1(C)CCN(c2ncc([N+](=O)[O-])cc2C(=O)O)CCS1. The van der Waals surface area contributed by atoms with Crippen LogP contribution >= 0.6 is 11.8 Å². The van der Waals surface area contributed by atoms with Crippen LogP contribution in [0.1, 0.15) is 30.6 Å². The highest BCUT2D eigenvalue weighted by Crippen LogP contribution is 2.33. The van der Waals surface area contributed by atoms with Crippen molar-refractivity contribution in [2.75, 3.05) is 23.7 Å². The number of carboxylic acids is 1. The summed E-state index contributed by atoms with van der Waals surface area (Å²) in [7, 11) is 0. The van der Waals surface area contributed by atoms with Gasteiger partial charge in [0.05, 0.1) is 4.92 Å².